The van der Waals surface area contributed by atoms with Crippen LogP contribution >= 0.6 is 0 Å². The molecule has 0 aliphatic rings. The van der Waals surface area contributed by atoms with Gasteiger partial charge in [-0.1, -0.05) is 47.6 Å². The van der Waals surface area contributed by atoms with Crippen molar-refractivity contribution in [1.29, 1.82) is 0 Å². The molecule has 0 aromatic heterocycles. The zero-order chi connectivity index (χ0) is 15.7. The van der Waals surface area contributed by atoms with E-state index in [4.69, 9.17) is 0 Å². The summed E-state index contributed by atoms with van der Waals surface area (Å²) in [6.45, 7) is 14.0. The molecule has 0 unspecified atom stereocenters. The summed E-state index contributed by atoms with van der Waals surface area (Å²) in [6.07, 6.45) is 3.37. The molecule has 0 amide bonds. The third-order valence-corrected chi connectivity index (χ3v) is 3.26. The third kappa shape index (κ3) is 3.96. The number of carbonyl (C=O) groups excluding carboxylic acids is 1. The lowest BCUT2D eigenvalue weighted by Gasteiger charge is -2.27. The summed E-state index contributed by atoms with van der Waals surface area (Å²) in [5.74, 6) is 0.387. The van der Waals surface area contributed by atoms with Crippen molar-refractivity contribution >= 4 is 11.9 Å². The van der Waals surface area contributed by atoms with Crippen molar-refractivity contribution in [3.05, 3.63) is 34.9 Å². The second-order valence-corrected chi connectivity index (χ2v) is 7.41. The minimum atomic E-state index is -0.149. The number of rotatable bonds is 2. The van der Waals surface area contributed by atoms with Crippen LogP contribution in [-0.4, -0.2) is 10.9 Å². The Kier molecular flexibility index (Phi) is 4.48. The molecule has 0 fully saturated rings. The van der Waals surface area contributed by atoms with Gasteiger partial charge in [0.05, 0.1) is 0 Å². The molecule has 20 heavy (non-hydrogen) atoms. The summed E-state index contributed by atoms with van der Waals surface area (Å²) in [5, 5.41) is 10.6. The van der Waals surface area contributed by atoms with Gasteiger partial charge in [0, 0.05) is 11.1 Å². The van der Waals surface area contributed by atoms with Gasteiger partial charge in [0.25, 0.3) is 0 Å². The van der Waals surface area contributed by atoms with Gasteiger partial charge in [-0.25, -0.2) is 0 Å². The molecule has 0 saturated carbocycles. The molecular weight excluding hydrogens is 248 g/mol. The number of benzene rings is 1. The van der Waals surface area contributed by atoms with E-state index in [0.717, 1.165) is 16.7 Å². The standard InChI is InChI=1S/C18H26O2/c1-12(19)8-9-13-10-14(17(2,3)4)16(20)15(11-13)18(5,6)7/h8-11,20H,1-7H3. The van der Waals surface area contributed by atoms with E-state index >= 15 is 0 Å². The Morgan fingerprint density at radius 3 is 1.70 bits per heavy atom. The topological polar surface area (TPSA) is 37.3 Å². The van der Waals surface area contributed by atoms with Gasteiger partial charge in [0.1, 0.15) is 5.75 Å². The van der Waals surface area contributed by atoms with Crippen molar-refractivity contribution in [3.8, 4) is 5.75 Å². The zero-order valence-electron chi connectivity index (χ0n) is 13.7. The van der Waals surface area contributed by atoms with Crippen LogP contribution in [0.25, 0.3) is 6.08 Å². The maximum absolute atomic E-state index is 11.1. The van der Waals surface area contributed by atoms with E-state index < -0.39 is 0 Å². The van der Waals surface area contributed by atoms with Crippen LogP contribution in [0, 0.1) is 0 Å². The molecule has 0 radical (unpaired) electrons. The van der Waals surface area contributed by atoms with E-state index in [1.807, 2.05) is 18.2 Å². The zero-order valence-corrected chi connectivity index (χ0v) is 13.7. The van der Waals surface area contributed by atoms with Gasteiger partial charge < -0.3 is 5.11 Å². The summed E-state index contributed by atoms with van der Waals surface area (Å²) >= 11 is 0. The molecule has 2 heteroatoms. The molecule has 0 aliphatic heterocycles. The van der Waals surface area contributed by atoms with Gasteiger partial charge in [-0.05, 0) is 41.5 Å². The lowest BCUT2D eigenvalue weighted by atomic mass is 9.78. The lowest BCUT2D eigenvalue weighted by molar-refractivity contribution is -0.112. The molecule has 1 N–H and O–H groups in total. The van der Waals surface area contributed by atoms with Crippen LogP contribution in [0.5, 0.6) is 5.75 Å². The predicted octanol–water partition coefficient (Wildman–Crippen LogP) is 4.59. The fourth-order valence-electron chi connectivity index (χ4n) is 2.11. The average molecular weight is 274 g/mol. The summed E-state index contributed by atoms with van der Waals surface area (Å²) in [5.41, 5.74) is 2.48. The fourth-order valence-corrected chi connectivity index (χ4v) is 2.11. The minimum Gasteiger partial charge on any atom is -0.507 e. The number of carbonyl (C=O) groups is 1. The second-order valence-electron chi connectivity index (χ2n) is 7.41. The molecule has 0 atom stereocenters. The number of hydrogen-bond donors (Lipinski definition) is 1. The van der Waals surface area contributed by atoms with Gasteiger partial charge in [0.2, 0.25) is 0 Å². The molecule has 0 spiro atoms. The van der Waals surface area contributed by atoms with Crippen LogP contribution in [0.1, 0.15) is 65.2 Å². The molecule has 1 rings (SSSR count). The van der Waals surface area contributed by atoms with Gasteiger partial charge in [-0.2, -0.15) is 0 Å². The van der Waals surface area contributed by atoms with Crippen LogP contribution in [0.2, 0.25) is 0 Å². The van der Waals surface area contributed by atoms with Crippen molar-refractivity contribution in [2.45, 2.75) is 59.3 Å². The summed E-state index contributed by atoms with van der Waals surface area (Å²) < 4.78 is 0. The molecule has 0 aliphatic carbocycles. The number of phenols is 1. The first-order chi connectivity index (χ1) is 8.93. The Morgan fingerprint density at radius 1 is 1.00 bits per heavy atom. The molecule has 110 valence electrons. The van der Waals surface area contributed by atoms with Gasteiger partial charge in [0.15, 0.2) is 5.78 Å². The highest BCUT2D eigenvalue weighted by Crippen LogP contribution is 2.39. The van der Waals surface area contributed by atoms with Crippen molar-refractivity contribution < 1.29 is 9.90 Å². The highest BCUT2D eigenvalue weighted by atomic mass is 16.3. The largest absolute Gasteiger partial charge is 0.507 e. The summed E-state index contributed by atoms with van der Waals surface area (Å²) in [6, 6.07) is 3.92. The van der Waals surface area contributed by atoms with Crippen LogP contribution in [0.15, 0.2) is 18.2 Å². The number of ketones is 1. The first kappa shape index (κ1) is 16.5. The van der Waals surface area contributed by atoms with Gasteiger partial charge in [-0.15, -0.1) is 0 Å². The van der Waals surface area contributed by atoms with Crippen LogP contribution in [0.4, 0.5) is 0 Å². The average Bonchev–Trinajstić information content (AvgIpc) is 2.24. The molecule has 0 heterocycles. The fraction of sp³-hybridized carbons (Fsp3) is 0.500. The highest BCUT2D eigenvalue weighted by Gasteiger charge is 2.26. The van der Waals surface area contributed by atoms with Crippen molar-refractivity contribution in [1.82, 2.24) is 0 Å². The smallest absolute Gasteiger partial charge is 0.152 e. The van der Waals surface area contributed by atoms with E-state index in [1.165, 1.54) is 6.92 Å². The maximum Gasteiger partial charge on any atom is 0.152 e. The van der Waals surface area contributed by atoms with Crippen molar-refractivity contribution in [2.24, 2.45) is 0 Å². The Labute approximate surface area is 122 Å². The molecule has 2 nitrogen and oxygen atoms in total. The summed E-state index contributed by atoms with van der Waals surface area (Å²) in [7, 11) is 0. The Morgan fingerprint density at radius 2 is 1.40 bits per heavy atom. The normalized spacial score (nSPS) is 12.9. The van der Waals surface area contributed by atoms with Crippen molar-refractivity contribution in [2.75, 3.05) is 0 Å². The molecule has 1 aromatic carbocycles. The Balaban J connectivity index is 3.54. The summed E-state index contributed by atoms with van der Waals surface area (Å²) in [4.78, 5) is 11.1. The third-order valence-electron chi connectivity index (χ3n) is 3.26. The van der Waals surface area contributed by atoms with Gasteiger partial charge >= 0.3 is 0 Å². The van der Waals surface area contributed by atoms with E-state index in [2.05, 4.69) is 41.5 Å². The first-order valence-electron chi connectivity index (χ1n) is 6.99. The maximum atomic E-state index is 11.1. The molecule has 0 saturated heterocycles. The second kappa shape index (κ2) is 5.43. The number of aromatic hydroxyl groups is 1. The van der Waals surface area contributed by atoms with Crippen LogP contribution in [-0.2, 0) is 15.6 Å². The Bertz CT molecular complexity index is 503. The predicted molar refractivity (Wildman–Crippen MR) is 85.2 cm³/mol. The van der Waals surface area contributed by atoms with E-state index in [0.29, 0.717) is 5.75 Å². The Hall–Kier alpha value is -1.57. The van der Waals surface area contributed by atoms with E-state index in [9.17, 15) is 9.90 Å². The number of hydrogen-bond acceptors (Lipinski definition) is 2. The van der Waals surface area contributed by atoms with Crippen LogP contribution < -0.4 is 0 Å². The highest BCUT2D eigenvalue weighted by molar-refractivity contribution is 5.91. The SMILES string of the molecule is CC(=O)C=Cc1cc(C(C)(C)C)c(O)c(C(C)(C)C)c1. The lowest BCUT2D eigenvalue weighted by Crippen LogP contribution is -2.17. The molecule has 1 aromatic rings. The minimum absolute atomic E-state index is 0.0210. The quantitative estimate of drug-likeness (QED) is 0.801. The van der Waals surface area contributed by atoms with Gasteiger partial charge in [-0.3, -0.25) is 4.79 Å². The number of phenolic OH excluding ortho intramolecular Hbond substituents is 1. The first-order valence-corrected chi connectivity index (χ1v) is 6.99. The number of allylic oxidation sites excluding steroid dienone is 1. The molecule has 0 bridgehead atoms. The molecular formula is C18H26O2. The van der Waals surface area contributed by atoms with Crippen molar-refractivity contribution in [3.63, 3.8) is 0 Å². The van der Waals surface area contributed by atoms with Crippen LogP contribution in [0.3, 0.4) is 0 Å². The van der Waals surface area contributed by atoms with E-state index in [-0.39, 0.29) is 16.6 Å². The monoisotopic (exact) mass is 274 g/mol. The van der Waals surface area contributed by atoms with E-state index in [1.54, 1.807) is 6.08 Å².